The highest BCUT2D eigenvalue weighted by Crippen LogP contribution is 2.45. The van der Waals surface area contributed by atoms with Crippen molar-refractivity contribution in [3.8, 4) is 0 Å². The van der Waals surface area contributed by atoms with Gasteiger partial charge in [0.2, 0.25) is 0 Å². The Kier molecular flexibility index (Phi) is 8.62. The van der Waals surface area contributed by atoms with Crippen LogP contribution in [0.25, 0.3) is 6.08 Å². The SMILES string of the molecule is C/C(=C\c1csc(C)n1)[C@H]1C[C@@H]2O[C@]2(C)CCC[C@H](C)[C@H](O)[C@@H](C)C(=O)C(C)(C)[C@H](O)CC(=O)O1. The van der Waals surface area contributed by atoms with Crippen LogP contribution in [0.2, 0.25) is 0 Å². The first-order valence-corrected chi connectivity index (χ1v) is 13.5. The summed E-state index contributed by atoms with van der Waals surface area (Å²) in [4.78, 5) is 30.6. The van der Waals surface area contributed by atoms with Crippen molar-refractivity contribution in [1.29, 1.82) is 0 Å². The molecule has 196 valence electrons. The minimum atomic E-state index is -1.23. The normalized spacial score (nSPS) is 37.5. The first kappa shape index (κ1) is 28.0. The topological polar surface area (TPSA) is 109 Å². The smallest absolute Gasteiger partial charge is 0.309 e. The Morgan fingerprint density at radius 2 is 1.91 bits per heavy atom. The molecule has 0 bridgehead atoms. The van der Waals surface area contributed by atoms with E-state index >= 15 is 0 Å². The van der Waals surface area contributed by atoms with Crippen molar-refractivity contribution in [3.05, 3.63) is 21.7 Å². The number of thiazole rings is 1. The van der Waals surface area contributed by atoms with Crippen LogP contribution in [0, 0.1) is 24.2 Å². The van der Waals surface area contributed by atoms with E-state index in [0.717, 1.165) is 35.5 Å². The van der Waals surface area contributed by atoms with Gasteiger partial charge < -0.3 is 19.7 Å². The van der Waals surface area contributed by atoms with Crippen molar-refractivity contribution in [1.82, 2.24) is 4.98 Å². The Balaban J connectivity index is 1.85. The quantitative estimate of drug-likeness (QED) is 0.449. The number of aromatic nitrogens is 1. The van der Waals surface area contributed by atoms with Crippen molar-refractivity contribution in [3.63, 3.8) is 0 Å². The Morgan fingerprint density at radius 3 is 2.54 bits per heavy atom. The summed E-state index contributed by atoms with van der Waals surface area (Å²) in [5.41, 5.74) is 0.179. The summed E-state index contributed by atoms with van der Waals surface area (Å²) < 4.78 is 11.9. The second-order valence-electron chi connectivity index (χ2n) is 11.3. The highest BCUT2D eigenvalue weighted by Gasteiger charge is 2.53. The fourth-order valence-electron chi connectivity index (χ4n) is 5.07. The summed E-state index contributed by atoms with van der Waals surface area (Å²) in [7, 11) is 0. The van der Waals surface area contributed by atoms with Gasteiger partial charge in [0.05, 0.1) is 46.5 Å². The number of aryl methyl sites for hydroxylation is 1. The molecule has 0 amide bonds. The summed E-state index contributed by atoms with van der Waals surface area (Å²) >= 11 is 1.56. The van der Waals surface area contributed by atoms with Crippen LogP contribution in [0.1, 0.15) is 84.3 Å². The van der Waals surface area contributed by atoms with E-state index in [-0.39, 0.29) is 29.8 Å². The van der Waals surface area contributed by atoms with E-state index in [4.69, 9.17) is 9.47 Å². The van der Waals surface area contributed by atoms with Gasteiger partial charge in [-0.2, -0.15) is 0 Å². The zero-order valence-corrected chi connectivity index (χ0v) is 22.9. The maximum Gasteiger partial charge on any atom is 0.309 e. The van der Waals surface area contributed by atoms with Crippen LogP contribution in [0.15, 0.2) is 11.0 Å². The van der Waals surface area contributed by atoms with Crippen LogP contribution in [0.3, 0.4) is 0 Å². The lowest BCUT2D eigenvalue weighted by molar-refractivity contribution is -0.154. The van der Waals surface area contributed by atoms with Gasteiger partial charge in [-0.25, -0.2) is 4.98 Å². The standard InChI is InChI=1S/C27H41NO6S/c1-15-9-8-10-27(7)22(34-27)12-20(16(2)11-19-14-35-18(4)28-19)33-23(30)13-21(29)26(5,6)25(32)17(3)24(15)31/h11,14-15,17,20-22,24,29,31H,8-10,12-13H2,1-7H3/b16-11+/t15-,17+,20+,21+,22-,24-,27+/m0/s1. The molecule has 2 fully saturated rings. The zero-order valence-electron chi connectivity index (χ0n) is 22.0. The van der Waals surface area contributed by atoms with Gasteiger partial charge in [0.15, 0.2) is 0 Å². The predicted octanol–water partition coefficient (Wildman–Crippen LogP) is 4.48. The number of nitrogens with zero attached hydrogens (tertiary/aromatic N) is 1. The molecule has 7 atom stereocenters. The van der Waals surface area contributed by atoms with E-state index in [1.807, 2.05) is 32.2 Å². The summed E-state index contributed by atoms with van der Waals surface area (Å²) in [6, 6.07) is 0. The lowest BCUT2D eigenvalue weighted by Crippen LogP contribution is -2.45. The van der Waals surface area contributed by atoms with E-state index in [9.17, 15) is 19.8 Å². The molecule has 0 aliphatic carbocycles. The molecule has 7 nitrogen and oxygen atoms in total. The van der Waals surface area contributed by atoms with E-state index in [0.29, 0.717) is 6.42 Å². The number of aliphatic hydroxyl groups is 2. The number of aliphatic hydroxyl groups excluding tert-OH is 2. The van der Waals surface area contributed by atoms with Gasteiger partial charge in [0, 0.05) is 17.7 Å². The van der Waals surface area contributed by atoms with Gasteiger partial charge in [-0.3, -0.25) is 9.59 Å². The van der Waals surface area contributed by atoms with Crippen LogP contribution in [-0.2, 0) is 19.1 Å². The summed E-state index contributed by atoms with van der Waals surface area (Å²) in [6.45, 7) is 12.8. The van der Waals surface area contributed by atoms with E-state index in [1.54, 1.807) is 32.1 Å². The number of ketones is 1. The molecular formula is C27H41NO6S. The maximum atomic E-state index is 13.2. The average Bonchev–Trinajstić information content (AvgIpc) is 3.22. The van der Waals surface area contributed by atoms with Gasteiger partial charge in [-0.15, -0.1) is 11.3 Å². The predicted molar refractivity (Wildman–Crippen MR) is 136 cm³/mol. The average molecular weight is 508 g/mol. The number of cyclic esters (lactones) is 1. The van der Waals surface area contributed by atoms with Crippen molar-refractivity contribution in [2.24, 2.45) is 17.3 Å². The number of rotatable bonds is 2. The third-order valence-corrected chi connectivity index (χ3v) is 8.72. The number of carbonyl (C=O) groups excluding carboxylic acids is 2. The Hall–Kier alpha value is -1.61. The molecule has 1 aromatic rings. The summed E-state index contributed by atoms with van der Waals surface area (Å²) in [6.07, 6.45) is 1.98. The van der Waals surface area contributed by atoms with E-state index in [1.165, 1.54) is 0 Å². The molecule has 3 heterocycles. The van der Waals surface area contributed by atoms with Crippen molar-refractivity contribution in [2.45, 2.75) is 111 Å². The molecular weight excluding hydrogens is 466 g/mol. The number of fused-ring (bicyclic) bond motifs is 1. The summed E-state index contributed by atoms with van der Waals surface area (Å²) in [5, 5.41) is 24.6. The molecule has 2 saturated heterocycles. The number of hydrogen-bond acceptors (Lipinski definition) is 8. The fraction of sp³-hybridized carbons (Fsp3) is 0.741. The third kappa shape index (κ3) is 6.59. The molecule has 0 spiro atoms. The minimum absolute atomic E-state index is 0.0455. The molecule has 0 radical (unpaired) electrons. The number of epoxide rings is 1. The Morgan fingerprint density at radius 1 is 1.23 bits per heavy atom. The molecule has 2 aliphatic heterocycles. The molecule has 2 N–H and O–H groups in total. The fourth-order valence-corrected chi connectivity index (χ4v) is 5.64. The van der Waals surface area contributed by atoms with E-state index < -0.39 is 35.6 Å². The third-order valence-electron chi connectivity index (χ3n) is 7.93. The molecule has 0 saturated carbocycles. The summed E-state index contributed by atoms with van der Waals surface area (Å²) in [5.74, 6) is -1.55. The second kappa shape index (κ2) is 10.8. The lowest BCUT2D eigenvalue weighted by atomic mass is 9.73. The number of esters is 1. The molecule has 1 aromatic heterocycles. The first-order chi connectivity index (χ1) is 16.2. The van der Waals surface area contributed by atoms with Crippen LogP contribution >= 0.6 is 11.3 Å². The molecule has 8 heteroatoms. The van der Waals surface area contributed by atoms with Crippen LogP contribution in [-0.4, -0.2) is 57.0 Å². The van der Waals surface area contributed by atoms with Gasteiger partial charge in [0.1, 0.15) is 11.9 Å². The van der Waals surface area contributed by atoms with Crippen LogP contribution in [0.5, 0.6) is 0 Å². The second-order valence-corrected chi connectivity index (χ2v) is 12.3. The maximum absolute atomic E-state index is 13.2. The largest absolute Gasteiger partial charge is 0.458 e. The van der Waals surface area contributed by atoms with Crippen LogP contribution in [0.4, 0.5) is 0 Å². The minimum Gasteiger partial charge on any atom is -0.458 e. The number of hydrogen-bond donors (Lipinski definition) is 2. The van der Waals surface area contributed by atoms with Crippen molar-refractivity contribution < 1.29 is 29.3 Å². The lowest BCUT2D eigenvalue weighted by Gasteiger charge is -2.34. The van der Waals surface area contributed by atoms with Gasteiger partial charge in [0.25, 0.3) is 0 Å². The molecule has 0 aromatic carbocycles. The Bertz CT molecular complexity index is 955. The number of ether oxygens (including phenoxy) is 2. The monoisotopic (exact) mass is 507 g/mol. The zero-order chi connectivity index (χ0) is 26.1. The Labute approximate surface area is 212 Å². The number of Topliss-reactive ketones (excluding diaryl/α,β-unsaturated/α-hetero) is 1. The molecule has 0 unspecified atom stereocenters. The van der Waals surface area contributed by atoms with Gasteiger partial charge in [-0.05, 0) is 51.2 Å². The van der Waals surface area contributed by atoms with Crippen LogP contribution < -0.4 is 0 Å². The van der Waals surface area contributed by atoms with Crippen molar-refractivity contribution in [2.75, 3.05) is 0 Å². The van der Waals surface area contributed by atoms with Gasteiger partial charge in [-0.1, -0.05) is 34.1 Å². The molecule has 3 rings (SSSR count). The molecule has 2 aliphatic rings. The van der Waals surface area contributed by atoms with Crippen molar-refractivity contribution >= 4 is 29.2 Å². The van der Waals surface area contributed by atoms with E-state index in [2.05, 4.69) is 11.9 Å². The first-order valence-electron chi connectivity index (χ1n) is 12.6. The van der Waals surface area contributed by atoms with Gasteiger partial charge >= 0.3 is 5.97 Å². The highest BCUT2D eigenvalue weighted by atomic mass is 32.1. The molecule has 35 heavy (non-hydrogen) atoms. The number of carbonyl (C=O) groups is 2. The highest BCUT2D eigenvalue weighted by molar-refractivity contribution is 7.09.